The van der Waals surface area contributed by atoms with E-state index in [4.69, 9.17) is 4.74 Å². The fourth-order valence-corrected chi connectivity index (χ4v) is 2.33. The van der Waals surface area contributed by atoms with Crippen molar-refractivity contribution in [2.45, 2.75) is 31.8 Å². The van der Waals surface area contributed by atoms with E-state index in [0.29, 0.717) is 12.3 Å². The number of para-hydroxylation sites is 1. The first-order valence-corrected chi connectivity index (χ1v) is 6.06. The number of benzene rings is 1. The largest absolute Gasteiger partial charge is 0.490 e. The van der Waals surface area contributed by atoms with Crippen molar-refractivity contribution in [1.82, 2.24) is 0 Å². The fraction of sp³-hybridized carbons (Fsp3) is 0.500. The van der Waals surface area contributed by atoms with E-state index in [0.717, 1.165) is 25.0 Å². The lowest BCUT2D eigenvalue weighted by molar-refractivity contribution is -0.141. The molecular formula is C14H18O3. The number of ether oxygens (including phenoxy) is 2. The van der Waals surface area contributed by atoms with E-state index in [-0.39, 0.29) is 12.1 Å². The first kappa shape index (κ1) is 12.0. The molecule has 1 aromatic rings. The zero-order chi connectivity index (χ0) is 12.1. The molecule has 1 aliphatic carbocycles. The molecule has 3 heteroatoms. The predicted molar refractivity (Wildman–Crippen MR) is 64.8 cm³/mol. The zero-order valence-corrected chi connectivity index (χ0v) is 10.1. The Bertz CT molecular complexity index is 361. The second kappa shape index (κ2) is 5.71. The summed E-state index contributed by atoms with van der Waals surface area (Å²) in [7, 11) is 1.44. The molecule has 0 spiro atoms. The molecule has 0 N–H and O–H groups in total. The van der Waals surface area contributed by atoms with Gasteiger partial charge in [0.1, 0.15) is 5.75 Å². The van der Waals surface area contributed by atoms with Crippen molar-refractivity contribution < 1.29 is 14.3 Å². The minimum atomic E-state index is -0.115. The molecule has 3 nitrogen and oxygen atoms in total. The quantitative estimate of drug-likeness (QED) is 0.751. The highest BCUT2D eigenvalue weighted by molar-refractivity contribution is 5.69. The topological polar surface area (TPSA) is 35.5 Å². The van der Waals surface area contributed by atoms with Crippen LogP contribution in [0, 0.1) is 5.92 Å². The monoisotopic (exact) mass is 234 g/mol. The smallest absolute Gasteiger partial charge is 0.305 e. The summed E-state index contributed by atoms with van der Waals surface area (Å²) in [6, 6.07) is 9.84. The highest BCUT2D eigenvalue weighted by atomic mass is 16.5. The molecule has 0 aliphatic heterocycles. The predicted octanol–water partition coefficient (Wildman–Crippen LogP) is 2.80. The summed E-state index contributed by atoms with van der Waals surface area (Å²) in [5.74, 6) is 1.21. The van der Waals surface area contributed by atoms with Crippen LogP contribution in [0.1, 0.15) is 25.7 Å². The Morgan fingerprint density at radius 3 is 2.76 bits per heavy atom. The van der Waals surface area contributed by atoms with Gasteiger partial charge in [0, 0.05) is 6.42 Å². The molecule has 2 rings (SSSR count). The van der Waals surface area contributed by atoms with Gasteiger partial charge in [-0.05, 0) is 37.3 Å². The molecule has 0 amide bonds. The third-order valence-corrected chi connectivity index (χ3v) is 3.22. The van der Waals surface area contributed by atoms with Gasteiger partial charge in [-0.15, -0.1) is 0 Å². The van der Waals surface area contributed by atoms with Crippen molar-refractivity contribution in [2.75, 3.05) is 7.11 Å². The van der Waals surface area contributed by atoms with Gasteiger partial charge in [-0.1, -0.05) is 18.2 Å². The number of esters is 1. The molecule has 0 aromatic heterocycles. The number of carbonyl (C=O) groups is 1. The van der Waals surface area contributed by atoms with Gasteiger partial charge >= 0.3 is 5.97 Å². The molecule has 0 bridgehead atoms. The van der Waals surface area contributed by atoms with E-state index < -0.39 is 0 Å². The summed E-state index contributed by atoms with van der Waals surface area (Å²) in [5.41, 5.74) is 0. The fourth-order valence-electron chi connectivity index (χ4n) is 2.33. The lowest BCUT2D eigenvalue weighted by atomic mass is 10.0. The molecule has 1 fully saturated rings. The van der Waals surface area contributed by atoms with Crippen molar-refractivity contribution in [3.05, 3.63) is 30.3 Å². The third kappa shape index (κ3) is 3.48. The van der Waals surface area contributed by atoms with E-state index in [9.17, 15) is 4.79 Å². The molecule has 92 valence electrons. The van der Waals surface area contributed by atoms with Crippen LogP contribution in [0.2, 0.25) is 0 Å². The van der Waals surface area contributed by atoms with Crippen molar-refractivity contribution in [3.63, 3.8) is 0 Å². The molecule has 17 heavy (non-hydrogen) atoms. The molecular weight excluding hydrogens is 216 g/mol. The van der Waals surface area contributed by atoms with Crippen LogP contribution >= 0.6 is 0 Å². The van der Waals surface area contributed by atoms with Crippen molar-refractivity contribution in [3.8, 4) is 5.75 Å². The Morgan fingerprint density at radius 2 is 2.06 bits per heavy atom. The van der Waals surface area contributed by atoms with Crippen LogP contribution in [-0.4, -0.2) is 19.2 Å². The second-order valence-corrected chi connectivity index (χ2v) is 4.51. The zero-order valence-electron chi connectivity index (χ0n) is 10.1. The van der Waals surface area contributed by atoms with Crippen LogP contribution < -0.4 is 4.74 Å². The number of hydrogen-bond acceptors (Lipinski definition) is 3. The molecule has 1 aliphatic rings. The van der Waals surface area contributed by atoms with Gasteiger partial charge < -0.3 is 9.47 Å². The minimum Gasteiger partial charge on any atom is -0.490 e. The third-order valence-electron chi connectivity index (χ3n) is 3.22. The van der Waals surface area contributed by atoms with E-state index >= 15 is 0 Å². The van der Waals surface area contributed by atoms with Crippen molar-refractivity contribution >= 4 is 5.97 Å². The summed E-state index contributed by atoms with van der Waals surface area (Å²) >= 11 is 0. The molecule has 0 heterocycles. The normalized spacial score (nSPS) is 23.4. The standard InChI is InChI=1S/C14H18O3/c1-16-14(15)10-11-7-8-13(9-11)17-12-5-3-2-4-6-12/h2-6,11,13H,7-10H2,1H3/t11-,13-/m1/s1. The Balaban J connectivity index is 1.80. The van der Waals surface area contributed by atoms with Gasteiger partial charge in [-0.25, -0.2) is 0 Å². The SMILES string of the molecule is COC(=O)C[C@@H]1CC[C@@H](Oc2ccccc2)C1. The van der Waals surface area contributed by atoms with Crippen LogP contribution in [0.3, 0.4) is 0 Å². The van der Waals surface area contributed by atoms with E-state index in [1.807, 2.05) is 30.3 Å². The Kier molecular flexibility index (Phi) is 4.02. The van der Waals surface area contributed by atoms with Gasteiger partial charge in [0.2, 0.25) is 0 Å². The van der Waals surface area contributed by atoms with Gasteiger partial charge in [-0.2, -0.15) is 0 Å². The van der Waals surface area contributed by atoms with Crippen molar-refractivity contribution in [2.24, 2.45) is 5.92 Å². The number of carbonyl (C=O) groups excluding carboxylic acids is 1. The maximum atomic E-state index is 11.2. The summed E-state index contributed by atoms with van der Waals surface area (Å²) < 4.78 is 10.6. The van der Waals surface area contributed by atoms with Gasteiger partial charge in [0.05, 0.1) is 13.2 Å². The molecule has 0 unspecified atom stereocenters. The van der Waals surface area contributed by atoms with Gasteiger partial charge in [-0.3, -0.25) is 4.79 Å². The second-order valence-electron chi connectivity index (χ2n) is 4.51. The van der Waals surface area contributed by atoms with E-state index in [1.165, 1.54) is 7.11 Å². The Hall–Kier alpha value is -1.51. The van der Waals surface area contributed by atoms with Crippen molar-refractivity contribution in [1.29, 1.82) is 0 Å². The lowest BCUT2D eigenvalue weighted by Gasteiger charge is -2.13. The highest BCUT2D eigenvalue weighted by Gasteiger charge is 2.27. The summed E-state index contributed by atoms with van der Waals surface area (Å²) in [4.78, 5) is 11.2. The number of rotatable bonds is 4. The molecule has 0 radical (unpaired) electrons. The van der Waals surface area contributed by atoms with E-state index in [1.54, 1.807) is 0 Å². The minimum absolute atomic E-state index is 0.115. The van der Waals surface area contributed by atoms with Crippen LogP contribution in [0.5, 0.6) is 5.75 Å². The molecule has 0 saturated heterocycles. The first-order valence-electron chi connectivity index (χ1n) is 6.06. The summed E-state index contributed by atoms with van der Waals surface area (Å²) in [6.45, 7) is 0. The van der Waals surface area contributed by atoms with Crippen LogP contribution in [0.25, 0.3) is 0 Å². The summed E-state index contributed by atoms with van der Waals surface area (Å²) in [6.07, 6.45) is 3.78. The van der Waals surface area contributed by atoms with Crippen LogP contribution in [0.15, 0.2) is 30.3 Å². The first-order chi connectivity index (χ1) is 8.28. The Labute approximate surface area is 102 Å². The van der Waals surface area contributed by atoms with E-state index in [2.05, 4.69) is 4.74 Å². The maximum Gasteiger partial charge on any atom is 0.305 e. The number of hydrogen-bond donors (Lipinski definition) is 0. The lowest BCUT2D eigenvalue weighted by Crippen LogP contribution is -2.13. The Morgan fingerprint density at radius 1 is 1.29 bits per heavy atom. The molecule has 1 saturated carbocycles. The summed E-state index contributed by atoms with van der Waals surface area (Å²) in [5, 5.41) is 0. The maximum absolute atomic E-state index is 11.2. The van der Waals surface area contributed by atoms with Crippen LogP contribution in [0.4, 0.5) is 0 Å². The molecule has 1 aromatic carbocycles. The average molecular weight is 234 g/mol. The molecule has 2 atom stereocenters. The average Bonchev–Trinajstić information content (AvgIpc) is 2.77. The van der Waals surface area contributed by atoms with Crippen LogP contribution in [-0.2, 0) is 9.53 Å². The van der Waals surface area contributed by atoms with Gasteiger partial charge in [0.15, 0.2) is 0 Å². The van der Waals surface area contributed by atoms with Gasteiger partial charge in [0.25, 0.3) is 0 Å². The number of methoxy groups -OCH3 is 1. The highest BCUT2D eigenvalue weighted by Crippen LogP contribution is 2.31.